The van der Waals surface area contributed by atoms with E-state index in [1.165, 1.54) is 110 Å². The van der Waals surface area contributed by atoms with Gasteiger partial charge in [-0.3, -0.25) is 13.8 Å². The van der Waals surface area contributed by atoms with Crippen LogP contribution >= 0.6 is 7.82 Å². The van der Waals surface area contributed by atoms with Gasteiger partial charge in [0, 0.05) is 26.2 Å². The fourth-order valence-corrected chi connectivity index (χ4v) is 5.34. The molecule has 0 aliphatic rings. The second-order valence-electron chi connectivity index (χ2n) is 11.0. The standard InChI is InChI=1S/C31H64NO8P/c1-3-4-5-6-7-8-9-10-11-12-13-14-15-16-17-18-19-21-25-37-28-30(29-40-41(34,35)39-27-24-32)38-26-22-20-23-31(33)36-2/h30H,3-29,32H2,1-2H3,(H,34,35)/t30-/m1/s1. The van der Waals surface area contributed by atoms with Crippen LogP contribution in [0.15, 0.2) is 0 Å². The highest BCUT2D eigenvalue weighted by atomic mass is 31.2. The number of esters is 1. The molecule has 0 saturated heterocycles. The highest BCUT2D eigenvalue weighted by Crippen LogP contribution is 2.43. The van der Waals surface area contributed by atoms with Crippen molar-refractivity contribution in [2.24, 2.45) is 5.73 Å². The zero-order chi connectivity index (χ0) is 30.3. The molecule has 0 aromatic carbocycles. The van der Waals surface area contributed by atoms with Crippen LogP contribution in [0.5, 0.6) is 0 Å². The molecule has 0 saturated carbocycles. The molecule has 2 atom stereocenters. The van der Waals surface area contributed by atoms with E-state index < -0.39 is 13.9 Å². The molecule has 41 heavy (non-hydrogen) atoms. The summed E-state index contributed by atoms with van der Waals surface area (Å²) in [5.41, 5.74) is 5.31. The van der Waals surface area contributed by atoms with E-state index in [0.29, 0.717) is 32.5 Å². The molecular formula is C31H64NO8P. The Balaban J connectivity index is 3.77. The van der Waals surface area contributed by atoms with Gasteiger partial charge >= 0.3 is 13.8 Å². The van der Waals surface area contributed by atoms with E-state index in [2.05, 4.69) is 11.7 Å². The zero-order valence-electron chi connectivity index (χ0n) is 26.5. The van der Waals surface area contributed by atoms with E-state index >= 15 is 0 Å². The maximum Gasteiger partial charge on any atom is 0.472 e. The highest BCUT2D eigenvalue weighted by molar-refractivity contribution is 7.47. The summed E-state index contributed by atoms with van der Waals surface area (Å²) in [6.07, 6.45) is 25.2. The number of nitrogens with two attached hydrogens (primary N) is 1. The minimum absolute atomic E-state index is 0.0668. The molecular weight excluding hydrogens is 545 g/mol. The van der Waals surface area contributed by atoms with Crippen molar-refractivity contribution in [3.63, 3.8) is 0 Å². The lowest BCUT2D eigenvalue weighted by atomic mass is 10.0. The van der Waals surface area contributed by atoms with Crippen molar-refractivity contribution in [2.45, 2.75) is 148 Å². The average Bonchev–Trinajstić information content (AvgIpc) is 2.97. The largest absolute Gasteiger partial charge is 0.472 e. The molecule has 0 fully saturated rings. The molecule has 0 spiro atoms. The summed E-state index contributed by atoms with van der Waals surface area (Å²) in [4.78, 5) is 21.0. The van der Waals surface area contributed by atoms with Gasteiger partial charge in [-0.25, -0.2) is 4.57 Å². The van der Waals surface area contributed by atoms with E-state index in [9.17, 15) is 14.3 Å². The molecule has 0 heterocycles. The van der Waals surface area contributed by atoms with Crippen molar-refractivity contribution in [1.82, 2.24) is 0 Å². The molecule has 10 heteroatoms. The first-order chi connectivity index (χ1) is 19.9. The molecule has 9 nitrogen and oxygen atoms in total. The number of methoxy groups -OCH3 is 1. The van der Waals surface area contributed by atoms with Crippen LogP contribution in [0.2, 0.25) is 0 Å². The lowest BCUT2D eigenvalue weighted by molar-refractivity contribution is -0.140. The monoisotopic (exact) mass is 609 g/mol. The highest BCUT2D eigenvalue weighted by Gasteiger charge is 2.23. The fourth-order valence-electron chi connectivity index (χ4n) is 4.57. The van der Waals surface area contributed by atoms with Crippen LogP contribution in [0.1, 0.15) is 142 Å². The Morgan fingerprint density at radius 2 is 1.17 bits per heavy atom. The summed E-state index contributed by atoms with van der Waals surface area (Å²) < 4.78 is 37.9. The number of ether oxygens (including phenoxy) is 3. The van der Waals surface area contributed by atoms with E-state index in [1.54, 1.807) is 0 Å². The van der Waals surface area contributed by atoms with Gasteiger partial charge in [-0.1, -0.05) is 116 Å². The Morgan fingerprint density at radius 3 is 1.66 bits per heavy atom. The molecule has 0 radical (unpaired) electrons. The summed E-state index contributed by atoms with van der Waals surface area (Å²) in [6.45, 7) is 3.45. The van der Waals surface area contributed by atoms with Crippen LogP contribution < -0.4 is 5.73 Å². The maximum absolute atomic E-state index is 11.9. The second-order valence-corrected chi connectivity index (χ2v) is 12.5. The third-order valence-electron chi connectivity index (χ3n) is 7.10. The fraction of sp³-hybridized carbons (Fsp3) is 0.968. The number of unbranched alkanes of at least 4 members (excludes halogenated alkanes) is 18. The first kappa shape index (κ1) is 40.5. The Hall–Kier alpha value is -0.540. The Bertz CT molecular complexity index is 611. The molecule has 246 valence electrons. The number of hydrogen-bond donors (Lipinski definition) is 2. The molecule has 0 aromatic heterocycles. The Morgan fingerprint density at radius 1 is 0.683 bits per heavy atom. The zero-order valence-corrected chi connectivity index (χ0v) is 27.4. The normalized spacial score (nSPS) is 13.8. The molecule has 0 aromatic rings. The van der Waals surface area contributed by atoms with Gasteiger partial charge < -0.3 is 24.8 Å². The first-order valence-electron chi connectivity index (χ1n) is 16.5. The van der Waals surface area contributed by atoms with Crippen molar-refractivity contribution in [3.8, 4) is 0 Å². The Labute approximate surface area is 251 Å². The van der Waals surface area contributed by atoms with Gasteiger partial charge in [0.05, 0.1) is 26.9 Å². The van der Waals surface area contributed by atoms with Crippen LogP contribution in [0.3, 0.4) is 0 Å². The predicted octanol–water partition coefficient (Wildman–Crippen LogP) is 7.87. The smallest absolute Gasteiger partial charge is 0.469 e. The summed E-state index contributed by atoms with van der Waals surface area (Å²) >= 11 is 0. The van der Waals surface area contributed by atoms with Gasteiger partial charge in [0.25, 0.3) is 0 Å². The van der Waals surface area contributed by atoms with Gasteiger partial charge in [-0.2, -0.15) is 0 Å². The van der Waals surface area contributed by atoms with Crippen LogP contribution in [0.4, 0.5) is 0 Å². The van der Waals surface area contributed by atoms with Crippen LogP contribution in [-0.4, -0.2) is 63.7 Å². The lowest BCUT2D eigenvalue weighted by Crippen LogP contribution is -2.26. The summed E-state index contributed by atoms with van der Waals surface area (Å²) in [6, 6.07) is 0. The second kappa shape index (κ2) is 30.9. The van der Waals surface area contributed by atoms with Gasteiger partial charge in [-0.05, 0) is 19.3 Å². The summed E-state index contributed by atoms with van der Waals surface area (Å²) in [7, 11) is -2.82. The van der Waals surface area contributed by atoms with Crippen molar-refractivity contribution in [2.75, 3.05) is 46.7 Å². The number of carbonyl (C=O) groups excluding carboxylic acids is 1. The Kier molecular flexibility index (Phi) is 30.5. The third kappa shape index (κ3) is 30.7. The van der Waals surface area contributed by atoms with Crippen molar-refractivity contribution in [3.05, 3.63) is 0 Å². The van der Waals surface area contributed by atoms with Gasteiger partial charge in [0.2, 0.25) is 0 Å². The van der Waals surface area contributed by atoms with Crippen LogP contribution in [0, 0.1) is 0 Å². The van der Waals surface area contributed by atoms with Crippen molar-refractivity contribution < 1.29 is 37.5 Å². The molecule has 1 unspecified atom stereocenters. The van der Waals surface area contributed by atoms with Crippen molar-refractivity contribution >= 4 is 13.8 Å². The molecule has 3 N–H and O–H groups in total. The minimum Gasteiger partial charge on any atom is -0.469 e. The third-order valence-corrected chi connectivity index (χ3v) is 8.08. The van der Waals surface area contributed by atoms with Gasteiger partial charge in [-0.15, -0.1) is 0 Å². The maximum atomic E-state index is 11.9. The van der Waals surface area contributed by atoms with Crippen molar-refractivity contribution in [1.29, 1.82) is 0 Å². The number of phosphoric ester groups is 1. The average molecular weight is 610 g/mol. The van der Waals surface area contributed by atoms with E-state index in [-0.39, 0.29) is 32.3 Å². The van der Waals surface area contributed by atoms with E-state index in [0.717, 1.165) is 12.8 Å². The number of hydrogen-bond acceptors (Lipinski definition) is 8. The van der Waals surface area contributed by atoms with E-state index in [4.69, 9.17) is 24.3 Å². The number of rotatable bonds is 33. The van der Waals surface area contributed by atoms with Crippen LogP contribution in [-0.2, 0) is 32.6 Å². The SMILES string of the molecule is CCCCCCCCCCCCCCCCCCCCOC[C@H](COP(=O)(O)OCCN)OCCCCC(=O)OC. The molecule has 0 amide bonds. The molecule has 0 rings (SSSR count). The summed E-state index contributed by atoms with van der Waals surface area (Å²) in [5, 5.41) is 0. The van der Waals surface area contributed by atoms with E-state index in [1.807, 2.05) is 0 Å². The van der Waals surface area contributed by atoms with Crippen LogP contribution in [0.25, 0.3) is 0 Å². The number of phosphoric acid groups is 1. The molecule has 0 aliphatic heterocycles. The number of carbonyl (C=O) groups is 1. The van der Waals surface area contributed by atoms with Gasteiger partial charge in [0.1, 0.15) is 6.10 Å². The lowest BCUT2D eigenvalue weighted by Gasteiger charge is -2.20. The molecule has 0 aliphatic carbocycles. The van der Waals surface area contributed by atoms with Gasteiger partial charge in [0.15, 0.2) is 0 Å². The summed E-state index contributed by atoms with van der Waals surface area (Å²) in [5.74, 6) is -0.254. The predicted molar refractivity (Wildman–Crippen MR) is 166 cm³/mol. The topological polar surface area (TPSA) is 127 Å². The minimum atomic E-state index is -4.18. The first-order valence-corrected chi connectivity index (χ1v) is 18.0. The molecule has 0 bridgehead atoms. The quantitative estimate of drug-likeness (QED) is 0.0434.